The summed E-state index contributed by atoms with van der Waals surface area (Å²) >= 11 is 6.73. The lowest BCUT2D eigenvalue weighted by molar-refractivity contribution is 0.703. The molecule has 0 aliphatic rings. The molecule has 2 rings (SSSR count). The molecule has 0 saturated heterocycles. The van der Waals surface area contributed by atoms with E-state index in [-0.39, 0.29) is 5.56 Å². The highest BCUT2D eigenvalue weighted by Crippen LogP contribution is 2.20. The molecule has 0 aliphatic heterocycles. The lowest BCUT2D eigenvalue weighted by Crippen LogP contribution is -2.21. The number of halogens is 2. The SMILES string of the molecule is Cc1cc(Br)ccc1CNc1cnn(C)c(=O)c1Br. The van der Waals surface area contributed by atoms with Gasteiger partial charge in [-0.05, 0) is 46.1 Å². The average Bonchev–Trinajstić information content (AvgIpc) is 2.37. The Morgan fingerprint density at radius 3 is 2.79 bits per heavy atom. The Morgan fingerprint density at radius 2 is 2.11 bits per heavy atom. The zero-order valence-electron chi connectivity index (χ0n) is 10.6. The van der Waals surface area contributed by atoms with Gasteiger partial charge in [-0.2, -0.15) is 5.10 Å². The van der Waals surface area contributed by atoms with Crippen molar-refractivity contribution in [3.63, 3.8) is 0 Å². The highest BCUT2D eigenvalue weighted by Gasteiger charge is 2.07. The van der Waals surface area contributed by atoms with Gasteiger partial charge in [0.05, 0.1) is 11.9 Å². The summed E-state index contributed by atoms with van der Waals surface area (Å²) in [7, 11) is 1.62. The molecule has 0 aliphatic carbocycles. The van der Waals surface area contributed by atoms with Gasteiger partial charge in [0, 0.05) is 18.1 Å². The lowest BCUT2D eigenvalue weighted by atomic mass is 10.1. The fraction of sp³-hybridized carbons (Fsp3) is 0.231. The van der Waals surface area contributed by atoms with Crippen LogP contribution in [0, 0.1) is 6.92 Å². The fourth-order valence-corrected chi connectivity index (χ4v) is 2.66. The molecule has 100 valence electrons. The predicted molar refractivity (Wildman–Crippen MR) is 83.4 cm³/mol. The number of anilines is 1. The van der Waals surface area contributed by atoms with Gasteiger partial charge in [0.15, 0.2) is 0 Å². The molecule has 1 aromatic carbocycles. The molecule has 1 heterocycles. The lowest BCUT2D eigenvalue weighted by Gasteiger charge is -2.10. The standard InChI is InChI=1S/C13H13Br2N3O/c1-8-5-10(14)4-3-9(8)6-16-11-7-17-18(2)13(19)12(11)15/h3-5,7,16H,6H2,1-2H3. The van der Waals surface area contributed by atoms with E-state index < -0.39 is 0 Å². The van der Waals surface area contributed by atoms with Crippen molar-refractivity contribution in [1.82, 2.24) is 9.78 Å². The quantitative estimate of drug-likeness (QED) is 0.880. The molecule has 0 unspecified atom stereocenters. The first-order valence-corrected chi connectivity index (χ1v) is 7.28. The van der Waals surface area contributed by atoms with Gasteiger partial charge in [-0.3, -0.25) is 4.79 Å². The third-order valence-electron chi connectivity index (χ3n) is 2.85. The monoisotopic (exact) mass is 385 g/mol. The molecule has 1 N–H and O–H groups in total. The van der Waals surface area contributed by atoms with Crippen molar-refractivity contribution >= 4 is 37.5 Å². The van der Waals surface area contributed by atoms with Gasteiger partial charge >= 0.3 is 0 Å². The number of benzene rings is 1. The molecule has 0 saturated carbocycles. The summed E-state index contributed by atoms with van der Waals surface area (Å²) < 4.78 is 2.85. The summed E-state index contributed by atoms with van der Waals surface area (Å²) in [5, 5.41) is 7.21. The summed E-state index contributed by atoms with van der Waals surface area (Å²) in [6.45, 7) is 2.70. The Kier molecular flexibility index (Phi) is 4.42. The minimum atomic E-state index is -0.155. The van der Waals surface area contributed by atoms with Crippen molar-refractivity contribution in [1.29, 1.82) is 0 Å². The molecule has 0 fully saturated rings. The van der Waals surface area contributed by atoms with Crippen LogP contribution >= 0.6 is 31.9 Å². The van der Waals surface area contributed by atoms with E-state index in [0.717, 1.165) is 4.47 Å². The maximum absolute atomic E-state index is 11.7. The second-order valence-corrected chi connectivity index (χ2v) is 5.93. The Hall–Kier alpha value is -1.14. The highest BCUT2D eigenvalue weighted by molar-refractivity contribution is 9.10. The molecule has 2 aromatic rings. The number of hydrogen-bond donors (Lipinski definition) is 1. The Balaban J connectivity index is 2.19. The molecule has 6 heteroatoms. The normalized spacial score (nSPS) is 10.5. The van der Waals surface area contributed by atoms with Crippen molar-refractivity contribution in [3.05, 3.63) is 54.8 Å². The summed E-state index contributed by atoms with van der Waals surface area (Å²) in [6, 6.07) is 6.12. The van der Waals surface area contributed by atoms with Crippen LogP contribution < -0.4 is 10.9 Å². The molecule has 0 amide bonds. The molecular weight excluding hydrogens is 374 g/mol. The summed E-state index contributed by atoms with van der Waals surface area (Å²) in [4.78, 5) is 11.7. The van der Waals surface area contributed by atoms with E-state index in [1.165, 1.54) is 15.8 Å². The van der Waals surface area contributed by atoms with Gasteiger partial charge in [-0.25, -0.2) is 4.68 Å². The minimum Gasteiger partial charge on any atom is -0.379 e. The first kappa shape index (κ1) is 14.3. The highest BCUT2D eigenvalue weighted by atomic mass is 79.9. The van der Waals surface area contributed by atoms with Crippen LogP contribution in [0.1, 0.15) is 11.1 Å². The summed E-state index contributed by atoms with van der Waals surface area (Å²) in [5.41, 5.74) is 2.91. The third kappa shape index (κ3) is 3.25. The summed E-state index contributed by atoms with van der Waals surface area (Å²) in [6.07, 6.45) is 1.64. The molecule has 0 spiro atoms. The van der Waals surface area contributed by atoms with Crippen molar-refractivity contribution in [3.8, 4) is 0 Å². The Labute approximate surface area is 128 Å². The fourth-order valence-electron chi connectivity index (χ4n) is 1.68. The maximum atomic E-state index is 11.7. The third-order valence-corrected chi connectivity index (χ3v) is 4.11. The number of aromatic nitrogens is 2. The van der Waals surface area contributed by atoms with Gasteiger partial charge < -0.3 is 5.32 Å². The van der Waals surface area contributed by atoms with Crippen LogP contribution in [0.5, 0.6) is 0 Å². The van der Waals surface area contributed by atoms with Gasteiger partial charge in [-0.15, -0.1) is 0 Å². The largest absolute Gasteiger partial charge is 0.379 e. The second-order valence-electron chi connectivity index (χ2n) is 4.23. The zero-order valence-corrected chi connectivity index (χ0v) is 13.7. The number of aryl methyl sites for hydroxylation is 2. The van der Waals surface area contributed by atoms with Gasteiger partial charge in [-0.1, -0.05) is 22.0 Å². The van der Waals surface area contributed by atoms with E-state index in [1.807, 2.05) is 6.07 Å². The van der Waals surface area contributed by atoms with Crippen molar-refractivity contribution in [2.24, 2.45) is 7.05 Å². The molecule has 4 nitrogen and oxygen atoms in total. The molecular formula is C13H13Br2N3O. The van der Waals surface area contributed by atoms with E-state index in [4.69, 9.17) is 0 Å². The summed E-state index contributed by atoms with van der Waals surface area (Å²) in [5.74, 6) is 0. The van der Waals surface area contributed by atoms with Crippen LogP contribution in [-0.4, -0.2) is 9.78 Å². The van der Waals surface area contributed by atoms with Gasteiger partial charge in [0.2, 0.25) is 0 Å². The zero-order chi connectivity index (χ0) is 14.0. The molecule has 0 bridgehead atoms. The Morgan fingerprint density at radius 1 is 1.37 bits per heavy atom. The smallest absolute Gasteiger partial charge is 0.282 e. The molecule has 1 aromatic heterocycles. The van der Waals surface area contributed by atoms with E-state index in [9.17, 15) is 4.79 Å². The molecule has 19 heavy (non-hydrogen) atoms. The van der Waals surface area contributed by atoms with Crippen LogP contribution in [0.4, 0.5) is 5.69 Å². The van der Waals surface area contributed by atoms with E-state index in [1.54, 1.807) is 13.2 Å². The molecule has 0 atom stereocenters. The van der Waals surface area contributed by atoms with E-state index in [0.29, 0.717) is 16.7 Å². The first-order chi connectivity index (χ1) is 8.99. The average molecular weight is 387 g/mol. The number of rotatable bonds is 3. The van der Waals surface area contributed by atoms with Crippen LogP contribution in [-0.2, 0) is 13.6 Å². The van der Waals surface area contributed by atoms with E-state index in [2.05, 4.69) is 61.3 Å². The first-order valence-electron chi connectivity index (χ1n) is 5.69. The van der Waals surface area contributed by atoms with Crippen LogP contribution in [0.2, 0.25) is 0 Å². The predicted octanol–water partition coefficient (Wildman–Crippen LogP) is 3.23. The van der Waals surface area contributed by atoms with E-state index >= 15 is 0 Å². The van der Waals surface area contributed by atoms with Crippen molar-refractivity contribution in [2.45, 2.75) is 13.5 Å². The number of nitrogens with one attached hydrogen (secondary N) is 1. The van der Waals surface area contributed by atoms with Gasteiger partial charge in [0.25, 0.3) is 5.56 Å². The Bertz CT molecular complexity index is 667. The second kappa shape index (κ2) is 5.88. The molecule has 0 radical (unpaired) electrons. The minimum absolute atomic E-state index is 0.155. The van der Waals surface area contributed by atoms with Crippen LogP contribution in [0.15, 0.2) is 38.1 Å². The van der Waals surface area contributed by atoms with Crippen LogP contribution in [0.25, 0.3) is 0 Å². The van der Waals surface area contributed by atoms with Crippen LogP contribution in [0.3, 0.4) is 0 Å². The maximum Gasteiger partial charge on any atom is 0.282 e. The van der Waals surface area contributed by atoms with Gasteiger partial charge in [0.1, 0.15) is 4.47 Å². The topological polar surface area (TPSA) is 46.9 Å². The number of hydrogen-bond acceptors (Lipinski definition) is 3. The van der Waals surface area contributed by atoms with Crippen molar-refractivity contribution in [2.75, 3.05) is 5.32 Å². The van der Waals surface area contributed by atoms with Crippen molar-refractivity contribution < 1.29 is 0 Å². The number of nitrogens with zero attached hydrogens (tertiary/aromatic N) is 2.